The fourth-order valence-corrected chi connectivity index (χ4v) is 2.55. The monoisotopic (exact) mass is 351 g/mol. The molecule has 3 aromatic rings. The van der Waals surface area contributed by atoms with Crippen LogP contribution in [0.4, 0.5) is 0 Å². The first-order valence-corrected chi connectivity index (χ1v) is 8.74. The zero-order valence-electron chi connectivity index (χ0n) is 15.5. The SMILES string of the molecule is CC(C)(C)c1cncc(OC[C@@H](N)COc2nccc3ccccc23)c1. The molecule has 3 rings (SSSR count). The van der Waals surface area contributed by atoms with Gasteiger partial charge in [-0.1, -0.05) is 39.0 Å². The molecule has 5 nitrogen and oxygen atoms in total. The number of nitrogens with zero attached hydrogens (tertiary/aromatic N) is 2. The summed E-state index contributed by atoms with van der Waals surface area (Å²) in [6.07, 6.45) is 5.31. The van der Waals surface area contributed by atoms with Gasteiger partial charge in [-0.25, -0.2) is 4.98 Å². The Morgan fingerprint density at radius 3 is 2.62 bits per heavy atom. The summed E-state index contributed by atoms with van der Waals surface area (Å²) in [4.78, 5) is 8.56. The Hall–Kier alpha value is -2.66. The van der Waals surface area contributed by atoms with E-state index in [2.05, 4.69) is 30.7 Å². The molecule has 0 radical (unpaired) electrons. The Morgan fingerprint density at radius 2 is 1.81 bits per heavy atom. The highest BCUT2D eigenvalue weighted by Crippen LogP contribution is 2.25. The summed E-state index contributed by atoms with van der Waals surface area (Å²) in [5, 5.41) is 2.07. The van der Waals surface area contributed by atoms with Crippen LogP contribution in [-0.2, 0) is 5.41 Å². The Labute approximate surface area is 154 Å². The molecule has 0 saturated carbocycles. The van der Waals surface area contributed by atoms with Crippen molar-refractivity contribution in [2.24, 2.45) is 5.73 Å². The number of fused-ring (bicyclic) bond motifs is 1. The van der Waals surface area contributed by atoms with Gasteiger partial charge in [-0.2, -0.15) is 0 Å². The van der Waals surface area contributed by atoms with Crippen molar-refractivity contribution in [2.75, 3.05) is 13.2 Å². The van der Waals surface area contributed by atoms with Crippen LogP contribution in [0.25, 0.3) is 10.8 Å². The Bertz CT molecular complexity index is 869. The van der Waals surface area contributed by atoms with Gasteiger partial charge in [0.15, 0.2) is 0 Å². The van der Waals surface area contributed by atoms with Crippen LogP contribution in [0.5, 0.6) is 11.6 Å². The summed E-state index contributed by atoms with van der Waals surface area (Å²) in [5.41, 5.74) is 7.29. The highest BCUT2D eigenvalue weighted by atomic mass is 16.5. The van der Waals surface area contributed by atoms with Crippen LogP contribution in [0, 0.1) is 0 Å². The van der Waals surface area contributed by atoms with Crippen LogP contribution in [0.1, 0.15) is 26.3 Å². The third-order valence-electron chi connectivity index (χ3n) is 4.11. The minimum Gasteiger partial charge on any atom is -0.490 e. The third kappa shape index (κ3) is 4.49. The normalized spacial score (nSPS) is 12.8. The van der Waals surface area contributed by atoms with E-state index < -0.39 is 0 Å². The number of hydrogen-bond acceptors (Lipinski definition) is 5. The van der Waals surface area contributed by atoms with Crippen molar-refractivity contribution >= 4 is 10.8 Å². The summed E-state index contributed by atoms with van der Waals surface area (Å²) >= 11 is 0. The standard InChI is InChI=1S/C21H25N3O2/c1-21(2,3)16-10-18(12-23-11-16)25-13-17(22)14-26-20-19-7-5-4-6-15(19)8-9-24-20/h4-12,17H,13-14,22H2,1-3H3/t17-/m1/s1. The number of pyridine rings is 2. The fourth-order valence-electron chi connectivity index (χ4n) is 2.55. The van der Waals surface area contributed by atoms with Gasteiger partial charge in [0.25, 0.3) is 0 Å². The van der Waals surface area contributed by atoms with Gasteiger partial charge in [0.2, 0.25) is 5.88 Å². The Kier molecular flexibility index (Phi) is 5.38. The van der Waals surface area contributed by atoms with Crippen molar-refractivity contribution in [3.05, 3.63) is 60.6 Å². The maximum absolute atomic E-state index is 6.14. The summed E-state index contributed by atoms with van der Waals surface area (Å²) < 4.78 is 11.6. The van der Waals surface area contributed by atoms with Crippen molar-refractivity contribution in [3.8, 4) is 11.6 Å². The molecule has 2 N–H and O–H groups in total. The number of ether oxygens (including phenoxy) is 2. The molecule has 5 heteroatoms. The molecule has 0 spiro atoms. The lowest BCUT2D eigenvalue weighted by Gasteiger charge is -2.20. The second-order valence-electron chi connectivity index (χ2n) is 7.38. The average molecular weight is 351 g/mol. The predicted octanol–water partition coefficient (Wildman–Crippen LogP) is 3.71. The molecule has 1 atom stereocenters. The van der Waals surface area contributed by atoms with Crippen molar-refractivity contribution in [3.63, 3.8) is 0 Å². The molecule has 0 unspecified atom stereocenters. The molecule has 0 saturated heterocycles. The van der Waals surface area contributed by atoms with Crippen LogP contribution in [0.3, 0.4) is 0 Å². The van der Waals surface area contributed by atoms with E-state index in [0.717, 1.165) is 22.1 Å². The van der Waals surface area contributed by atoms with Gasteiger partial charge in [0.1, 0.15) is 19.0 Å². The second-order valence-corrected chi connectivity index (χ2v) is 7.38. The zero-order valence-corrected chi connectivity index (χ0v) is 15.5. The van der Waals surface area contributed by atoms with Crippen molar-refractivity contribution in [1.82, 2.24) is 9.97 Å². The molecule has 1 aromatic carbocycles. The largest absolute Gasteiger partial charge is 0.490 e. The number of benzene rings is 1. The van der Waals surface area contributed by atoms with Crippen LogP contribution in [-0.4, -0.2) is 29.2 Å². The van der Waals surface area contributed by atoms with Gasteiger partial charge in [-0.05, 0) is 34.6 Å². The van der Waals surface area contributed by atoms with E-state index in [4.69, 9.17) is 15.2 Å². The molecule has 0 aliphatic heterocycles. The second kappa shape index (κ2) is 7.70. The highest BCUT2D eigenvalue weighted by Gasteiger charge is 2.15. The lowest BCUT2D eigenvalue weighted by molar-refractivity contribution is 0.217. The minimum absolute atomic E-state index is 0.0254. The smallest absolute Gasteiger partial charge is 0.221 e. The molecule has 0 aliphatic carbocycles. The molecule has 26 heavy (non-hydrogen) atoms. The van der Waals surface area contributed by atoms with Gasteiger partial charge in [0.05, 0.1) is 12.2 Å². The molecule has 136 valence electrons. The molecule has 2 heterocycles. The van der Waals surface area contributed by atoms with Gasteiger partial charge >= 0.3 is 0 Å². The summed E-state index contributed by atoms with van der Waals surface area (Å²) in [5.74, 6) is 1.31. The molecule has 0 bridgehead atoms. The van der Waals surface area contributed by atoms with E-state index >= 15 is 0 Å². The zero-order chi connectivity index (χ0) is 18.6. The van der Waals surface area contributed by atoms with E-state index in [0.29, 0.717) is 19.1 Å². The molecular weight excluding hydrogens is 326 g/mol. The molecule has 0 amide bonds. The number of rotatable bonds is 6. The van der Waals surface area contributed by atoms with Gasteiger partial charge in [0, 0.05) is 17.8 Å². The highest BCUT2D eigenvalue weighted by molar-refractivity contribution is 5.86. The van der Waals surface area contributed by atoms with Crippen molar-refractivity contribution < 1.29 is 9.47 Å². The van der Waals surface area contributed by atoms with Crippen LogP contribution < -0.4 is 15.2 Å². The number of aromatic nitrogens is 2. The first-order valence-electron chi connectivity index (χ1n) is 8.74. The van der Waals surface area contributed by atoms with Gasteiger partial charge in [-0.15, -0.1) is 0 Å². The maximum Gasteiger partial charge on any atom is 0.221 e. The van der Waals surface area contributed by atoms with E-state index in [1.807, 2.05) is 42.6 Å². The first-order chi connectivity index (χ1) is 12.4. The Morgan fingerprint density at radius 1 is 1.04 bits per heavy atom. The summed E-state index contributed by atoms with van der Waals surface area (Å²) in [6.45, 7) is 7.10. The maximum atomic E-state index is 6.14. The van der Waals surface area contributed by atoms with E-state index in [-0.39, 0.29) is 11.5 Å². The molecule has 0 fully saturated rings. The minimum atomic E-state index is -0.269. The van der Waals surface area contributed by atoms with Gasteiger partial charge in [-0.3, -0.25) is 4.98 Å². The van der Waals surface area contributed by atoms with Crippen molar-refractivity contribution in [2.45, 2.75) is 32.2 Å². The van der Waals surface area contributed by atoms with Gasteiger partial charge < -0.3 is 15.2 Å². The molecule has 0 aliphatic rings. The van der Waals surface area contributed by atoms with Crippen LogP contribution in [0.2, 0.25) is 0 Å². The van der Waals surface area contributed by atoms with E-state index in [1.165, 1.54) is 0 Å². The van der Waals surface area contributed by atoms with Crippen LogP contribution >= 0.6 is 0 Å². The van der Waals surface area contributed by atoms with E-state index in [1.54, 1.807) is 12.4 Å². The Balaban J connectivity index is 1.57. The lowest BCUT2D eigenvalue weighted by atomic mass is 9.88. The van der Waals surface area contributed by atoms with E-state index in [9.17, 15) is 0 Å². The van der Waals surface area contributed by atoms with Crippen molar-refractivity contribution in [1.29, 1.82) is 0 Å². The molecular formula is C21H25N3O2. The summed E-state index contributed by atoms with van der Waals surface area (Å²) in [7, 11) is 0. The predicted molar refractivity (Wildman–Crippen MR) is 104 cm³/mol. The van der Waals surface area contributed by atoms with Crippen LogP contribution in [0.15, 0.2) is 55.0 Å². The first kappa shape index (κ1) is 18.1. The lowest BCUT2D eigenvalue weighted by Crippen LogP contribution is -2.34. The summed E-state index contributed by atoms with van der Waals surface area (Å²) in [6, 6.07) is 11.7. The average Bonchev–Trinajstić information content (AvgIpc) is 2.64. The fraction of sp³-hybridized carbons (Fsp3) is 0.333. The quantitative estimate of drug-likeness (QED) is 0.733. The number of hydrogen-bond donors (Lipinski definition) is 1. The third-order valence-corrected chi connectivity index (χ3v) is 4.11. The topological polar surface area (TPSA) is 70.3 Å². The number of nitrogens with two attached hydrogens (primary N) is 1. The molecule has 2 aromatic heterocycles.